The number of rotatable bonds is 6. The van der Waals surface area contributed by atoms with Crippen LogP contribution in [0.4, 0.5) is 0 Å². The van der Waals surface area contributed by atoms with E-state index in [1.807, 2.05) is 36.4 Å². The van der Waals surface area contributed by atoms with Crippen molar-refractivity contribution in [3.8, 4) is 6.07 Å². The maximum atomic E-state index is 12.5. The number of hydrogen-bond acceptors (Lipinski definition) is 5. The summed E-state index contributed by atoms with van der Waals surface area (Å²) < 4.78 is 25.4. The Hall–Kier alpha value is -1.65. The highest BCUT2D eigenvalue weighted by atomic mass is 32.2. The van der Waals surface area contributed by atoms with E-state index in [0.717, 1.165) is 11.4 Å². The van der Waals surface area contributed by atoms with Gasteiger partial charge < -0.3 is 4.57 Å². The Morgan fingerprint density at radius 1 is 1.48 bits per heavy atom. The summed E-state index contributed by atoms with van der Waals surface area (Å²) in [4.78, 5) is 14.3. The molecule has 1 atom stereocenters. The third-order valence-electron chi connectivity index (χ3n) is 4.38. The highest BCUT2D eigenvalue weighted by Gasteiger charge is 2.31. The average molecular weight is 337 g/mol. The molecule has 0 spiro atoms. The van der Waals surface area contributed by atoms with Gasteiger partial charge in [0.1, 0.15) is 0 Å². The zero-order chi connectivity index (χ0) is 17.2. The van der Waals surface area contributed by atoms with E-state index in [-0.39, 0.29) is 29.9 Å². The van der Waals surface area contributed by atoms with E-state index in [1.165, 1.54) is 0 Å². The minimum absolute atomic E-state index is 0.00523. The van der Waals surface area contributed by atoms with Crippen LogP contribution in [0.3, 0.4) is 0 Å². The molecular formula is C16H23N3O3S. The molecule has 0 amide bonds. The topological polar surface area (TPSA) is 83.2 Å². The van der Waals surface area contributed by atoms with Crippen LogP contribution < -0.4 is 0 Å². The van der Waals surface area contributed by atoms with Crippen LogP contribution in [-0.2, 0) is 9.84 Å². The lowest BCUT2D eigenvalue weighted by atomic mass is 10.1. The Morgan fingerprint density at radius 3 is 2.74 bits per heavy atom. The van der Waals surface area contributed by atoms with E-state index in [0.29, 0.717) is 24.9 Å². The van der Waals surface area contributed by atoms with Crippen LogP contribution in [0, 0.1) is 25.2 Å². The zero-order valence-electron chi connectivity index (χ0n) is 13.9. The van der Waals surface area contributed by atoms with Gasteiger partial charge in [0, 0.05) is 36.0 Å². The van der Waals surface area contributed by atoms with Gasteiger partial charge in [-0.25, -0.2) is 8.42 Å². The van der Waals surface area contributed by atoms with Crippen molar-refractivity contribution in [3.05, 3.63) is 23.0 Å². The van der Waals surface area contributed by atoms with Crippen molar-refractivity contribution in [1.82, 2.24) is 9.47 Å². The summed E-state index contributed by atoms with van der Waals surface area (Å²) in [6.45, 7) is 4.60. The standard InChI is InChI=1S/C16H23N3O3S/c1-12-9-15(16(20)10-18(3)7-4-6-17)13(2)19(12)14-5-8-23(21,22)11-14/h9,14H,4-5,7-8,10-11H2,1-3H3. The van der Waals surface area contributed by atoms with Crippen molar-refractivity contribution < 1.29 is 13.2 Å². The van der Waals surface area contributed by atoms with Crippen LogP contribution in [0.15, 0.2) is 6.07 Å². The summed E-state index contributed by atoms with van der Waals surface area (Å²) in [6.07, 6.45) is 0.997. The van der Waals surface area contributed by atoms with E-state index in [2.05, 4.69) is 6.07 Å². The normalized spacial score (nSPS) is 19.9. The molecule has 0 bridgehead atoms. The number of aryl methyl sites for hydroxylation is 1. The molecule has 0 saturated carbocycles. The molecule has 1 aliphatic rings. The Bertz CT molecular complexity index is 743. The number of nitriles is 1. The van der Waals surface area contributed by atoms with E-state index < -0.39 is 9.84 Å². The Kier molecular flexibility index (Phi) is 5.27. The number of ketones is 1. The van der Waals surface area contributed by atoms with Crippen LogP contribution in [-0.4, -0.2) is 55.3 Å². The number of Topliss-reactive ketones (excluding diaryl/α,β-unsaturated/α-hetero) is 1. The zero-order valence-corrected chi connectivity index (χ0v) is 14.7. The lowest BCUT2D eigenvalue weighted by molar-refractivity contribution is 0.0946. The molecule has 7 heteroatoms. The van der Waals surface area contributed by atoms with Crippen molar-refractivity contribution in [1.29, 1.82) is 5.26 Å². The first kappa shape index (κ1) is 17.7. The summed E-state index contributed by atoms with van der Waals surface area (Å²) in [5.74, 6) is 0.374. The van der Waals surface area contributed by atoms with E-state index in [1.54, 1.807) is 0 Å². The number of nitrogens with zero attached hydrogens (tertiary/aromatic N) is 3. The first-order valence-electron chi connectivity index (χ1n) is 7.72. The average Bonchev–Trinajstić information content (AvgIpc) is 2.95. The fourth-order valence-electron chi connectivity index (χ4n) is 3.25. The Balaban J connectivity index is 2.18. The monoisotopic (exact) mass is 337 g/mol. The SMILES string of the molecule is Cc1cc(C(=O)CN(C)CCC#N)c(C)n1C1CCS(=O)(=O)C1. The van der Waals surface area contributed by atoms with Gasteiger partial charge >= 0.3 is 0 Å². The third-order valence-corrected chi connectivity index (χ3v) is 6.13. The van der Waals surface area contributed by atoms with Gasteiger partial charge in [0.2, 0.25) is 0 Å². The van der Waals surface area contributed by atoms with Gasteiger partial charge in [-0.05, 0) is 33.4 Å². The molecule has 1 aliphatic heterocycles. The van der Waals surface area contributed by atoms with Crippen molar-refractivity contribution in [2.45, 2.75) is 32.7 Å². The van der Waals surface area contributed by atoms with E-state index >= 15 is 0 Å². The molecule has 6 nitrogen and oxygen atoms in total. The minimum atomic E-state index is -2.96. The van der Waals surface area contributed by atoms with E-state index in [4.69, 9.17) is 5.26 Å². The summed E-state index contributed by atoms with van der Waals surface area (Å²) in [6, 6.07) is 3.84. The smallest absolute Gasteiger partial charge is 0.178 e. The predicted octanol–water partition coefficient (Wildman–Crippen LogP) is 1.49. The van der Waals surface area contributed by atoms with Crippen molar-refractivity contribution >= 4 is 15.6 Å². The fourth-order valence-corrected chi connectivity index (χ4v) is 4.95. The number of sulfone groups is 1. The molecule has 2 heterocycles. The molecule has 0 radical (unpaired) electrons. The molecule has 1 fully saturated rings. The summed E-state index contributed by atoms with van der Waals surface area (Å²) >= 11 is 0. The lowest BCUT2D eigenvalue weighted by Gasteiger charge is -2.17. The Labute approximate surface area is 137 Å². The summed E-state index contributed by atoms with van der Waals surface area (Å²) in [5, 5.41) is 8.60. The minimum Gasteiger partial charge on any atom is -0.344 e. The van der Waals surface area contributed by atoms with Crippen LogP contribution in [0.5, 0.6) is 0 Å². The van der Waals surface area contributed by atoms with Gasteiger partial charge in [-0.3, -0.25) is 9.69 Å². The molecule has 2 rings (SSSR count). The molecule has 1 unspecified atom stereocenters. The molecular weight excluding hydrogens is 314 g/mol. The highest BCUT2D eigenvalue weighted by Crippen LogP contribution is 2.29. The van der Waals surface area contributed by atoms with Gasteiger partial charge in [-0.1, -0.05) is 0 Å². The molecule has 1 saturated heterocycles. The van der Waals surface area contributed by atoms with Crippen LogP contribution in [0.2, 0.25) is 0 Å². The molecule has 126 valence electrons. The molecule has 1 aromatic heterocycles. The van der Waals surface area contributed by atoms with Gasteiger partial charge in [0.25, 0.3) is 0 Å². The molecule has 23 heavy (non-hydrogen) atoms. The fraction of sp³-hybridized carbons (Fsp3) is 0.625. The second-order valence-electron chi connectivity index (χ2n) is 6.28. The molecule has 1 aromatic rings. The quantitative estimate of drug-likeness (QED) is 0.735. The maximum absolute atomic E-state index is 12.5. The second kappa shape index (κ2) is 6.85. The number of aromatic nitrogens is 1. The van der Waals surface area contributed by atoms with Gasteiger partial charge in [-0.15, -0.1) is 0 Å². The maximum Gasteiger partial charge on any atom is 0.178 e. The highest BCUT2D eigenvalue weighted by molar-refractivity contribution is 7.91. The number of carbonyl (C=O) groups excluding carboxylic acids is 1. The number of carbonyl (C=O) groups is 1. The molecule has 0 aliphatic carbocycles. The van der Waals surface area contributed by atoms with Crippen molar-refractivity contribution in [2.24, 2.45) is 0 Å². The first-order valence-corrected chi connectivity index (χ1v) is 9.55. The van der Waals surface area contributed by atoms with E-state index in [9.17, 15) is 13.2 Å². The summed E-state index contributed by atoms with van der Waals surface area (Å²) in [5.41, 5.74) is 2.41. The number of likely N-dealkylation sites (N-methyl/N-ethyl adjacent to an activating group) is 1. The third kappa shape index (κ3) is 4.01. The Morgan fingerprint density at radius 2 is 2.17 bits per heavy atom. The second-order valence-corrected chi connectivity index (χ2v) is 8.51. The molecule has 0 N–H and O–H groups in total. The van der Waals surface area contributed by atoms with Crippen LogP contribution in [0.1, 0.15) is 40.6 Å². The van der Waals surface area contributed by atoms with Gasteiger partial charge in [0.05, 0.1) is 24.1 Å². The lowest BCUT2D eigenvalue weighted by Crippen LogP contribution is -2.27. The van der Waals surface area contributed by atoms with Gasteiger partial charge in [-0.2, -0.15) is 5.26 Å². The van der Waals surface area contributed by atoms with Crippen LogP contribution in [0.25, 0.3) is 0 Å². The predicted molar refractivity (Wildman–Crippen MR) is 88.3 cm³/mol. The largest absolute Gasteiger partial charge is 0.344 e. The number of hydrogen-bond donors (Lipinski definition) is 0. The van der Waals surface area contributed by atoms with Crippen molar-refractivity contribution in [2.75, 3.05) is 31.6 Å². The van der Waals surface area contributed by atoms with Gasteiger partial charge in [0.15, 0.2) is 15.6 Å². The molecule has 0 aromatic carbocycles. The summed E-state index contributed by atoms with van der Waals surface area (Å²) in [7, 11) is -1.14. The van der Waals surface area contributed by atoms with Crippen molar-refractivity contribution in [3.63, 3.8) is 0 Å². The van der Waals surface area contributed by atoms with Crippen LogP contribution >= 0.6 is 0 Å². The first-order chi connectivity index (χ1) is 10.7.